The molecule has 1 aromatic rings. The second-order valence-corrected chi connectivity index (χ2v) is 8.50. The highest BCUT2D eigenvalue weighted by Crippen LogP contribution is 2.30. The van der Waals surface area contributed by atoms with Crippen LogP contribution in [0.1, 0.15) is 19.3 Å². The molecule has 0 spiro atoms. The number of methoxy groups -OCH3 is 2. The van der Waals surface area contributed by atoms with E-state index >= 15 is 0 Å². The highest BCUT2D eigenvalue weighted by Gasteiger charge is 2.24. The number of unbranched alkanes of at least 4 members (excludes halogenated alkanes) is 1. The van der Waals surface area contributed by atoms with E-state index in [-0.39, 0.29) is 0 Å². The first-order valence-electron chi connectivity index (χ1n) is 11.5. The van der Waals surface area contributed by atoms with Gasteiger partial charge in [0.15, 0.2) is 5.96 Å². The van der Waals surface area contributed by atoms with Crippen molar-refractivity contribution in [3.8, 4) is 11.5 Å². The van der Waals surface area contributed by atoms with E-state index in [4.69, 9.17) is 9.47 Å². The van der Waals surface area contributed by atoms with Gasteiger partial charge in [0, 0.05) is 82.8 Å². The first-order chi connectivity index (χ1) is 15.1. The minimum Gasteiger partial charge on any atom is -0.497 e. The maximum atomic E-state index is 5.42. The lowest BCUT2D eigenvalue weighted by Crippen LogP contribution is -2.45. The fraction of sp³-hybridized carbons (Fsp3) is 0.696. The van der Waals surface area contributed by atoms with Crippen molar-refractivity contribution in [2.24, 2.45) is 4.99 Å². The number of hydrogen-bond acceptors (Lipinski definition) is 6. The number of piperazine rings is 1. The minimum absolute atomic E-state index is 0.369. The molecule has 3 rings (SSSR count). The van der Waals surface area contributed by atoms with E-state index in [0.29, 0.717) is 6.04 Å². The van der Waals surface area contributed by atoms with E-state index < -0.39 is 0 Å². The quantitative estimate of drug-likeness (QED) is 0.348. The van der Waals surface area contributed by atoms with Crippen LogP contribution in [0.15, 0.2) is 23.2 Å². The summed E-state index contributed by atoms with van der Waals surface area (Å²) in [7, 11) is 7.43. The standard InChI is InChI=1S/C23H40N6O2/c1-24-23(25-8-5-6-9-28-13-11-27(2)12-14-28)26-19-7-10-29(18-19)20-15-21(30-3)17-22(16-20)31-4/h15-17,19H,5-14,18H2,1-4H3,(H2,24,25,26). The van der Waals surface area contributed by atoms with Crippen LogP contribution in [0.4, 0.5) is 5.69 Å². The molecule has 0 amide bonds. The van der Waals surface area contributed by atoms with E-state index in [9.17, 15) is 0 Å². The molecule has 1 aromatic carbocycles. The zero-order valence-corrected chi connectivity index (χ0v) is 19.7. The number of guanidine groups is 1. The summed E-state index contributed by atoms with van der Waals surface area (Å²) >= 11 is 0. The molecule has 2 fully saturated rings. The lowest BCUT2D eigenvalue weighted by atomic mass is 10.2. The Balaban J connectivity index is 1.37. The monoisotopic (exact) mass is 432 g/mol. The number of rotatable bonds is 9. The Morgan fingerprint density at radius 2 is 1.74 bits per heavy atom. The molecule has 2 N–H and O–H groups in total. The molecule has 1 unspecified atom stereocenters. The fourth-order valence-corrected chi connectivity index (χ4v) is 4.21. The molecular formula is C23H40N6O2. The second kappa shape index (κ2) is 12.0. The van der Waals surface area contributed by atoms with Crippen molar-refractivity contribution in [3.63, 3.8) is 0 Å². The van der Waals surface area contributed by atoms with Crippen LogP contribution in [0.3, 0.4) is 0 Å². The summed E-state index contributed by atoms with van der Waals surface area (Å²) in [6, 6.07) is 6.41. The summed E-state index contributed by atoms with van der Waals surface area (Å²) in [5.41, 5.74) is 1.13. The molecule has 1 atom stereocenters. The van der Waals surface area contributed by atoms with Gasteiger partial charge in [0.2, 0.25) is 0 Å². The number of nitrogens with one attached hydrogen (secondary N) is 2. The molecule has 2 aliphatic heterocycles. The highest BCUT2D eigenvalue weighted by molar-refractivity contribution is 5.80. The molecule has 31 heavy (non-hydrogen) atoms. The van der Waals surface area contributed by atoms with Gasteiger partial charge in [-0.25, -0.2) is 0 Å². The van der Waals surface area contributed by atoms with Crippen LogP contribution in [0.25, 0.3) is 0 Å². The number of anilines is 1. The van der Waals surface area contributed by atoms with Crippen LogP contribution >= 0.6 is 0 Å². The predicted octanol–water partition coefficient (Wildman–Crippen LogP) is 1.48. The predicted molar refractivity (Wildman–Crippen MR) is 128 cm³/mol. The summed E-state index contributed by atoms with van der Waals surface area (Å²) in [4.78, 5) is 11.8. The third-order valence-electron chi connectivity index (χ3n) is 6.24. The van der Waals surface area contributed by atoms with Crippen molar-refractivity contribution < 1.29 is 9.47 Å². The van der Waals surface area contributed by atoms with Gasteiger partial charge in [-0.05, 0) is 32.9 Å². The first-order valence-corrected chi connectivity index (χ1v) is 11.5. The number of benzene rings is 1. The van der Waals surface area contributed by atoms with Gasteiger partial charge in [-0.2, -0.15) is 0 Å². The summed E-state index contributed by atoms with van der Waals surface area (Å²) < 4.78 is 10.8. The number of hydrogen-bond donors (Lipinski definition) is 2. The molecule has 0 aliphatic carbocycles. The van der Waals surface area contributed by atoms with Crippen LogP contribution in [0.2, 0.25) is 0 Å². The van der Waals surface area contributed by atoms with E-state index in [0.717, 1.165) is 55.6 Å². The van der Waals surface area contributed by atoms with E-state index in [1.807, 2.05) is 13.1 Å². The molecule has 0 aromatic heterocycles. The van der Waals surface area contributed by atoms with Crippen molar-refractivity contribution in [1.29, 1.82) is 0 Å². The van der Waals surface area contributed by atoms with Gasteiger partial charge in [-0.1, -0.05) is 0 Å². The third-order valence-corrected chi connectivity index (χ3v) is 6.24. The van der Waals surface area contributed by atoms with Gasteiger partial charge < -0.3 is 34.8 Å². The molecule has 0 bridgehead atoms. The van der Waals surface area contributed by atoms with Crippen LogP contribution in [0.5, 0.6) is 11.5 Å². The topological polar surface area (TPSA) is 64.6 Å². The zero-order chi connectivity index (χ0) is 22.1. The van der Waals surface area contributed by atoms with Crippen LogP contribution < -0.4 is 25.0 Å². The molecule has 8 heteroatoms. The minimum atomic E-state index is 0.369. The summed E-state index contributed by atoms with van der Waals surface area (Å²) in [6.07, 6.45) is 3.46. The van der Waals surface area contributed by atoms with Gasteiger partial charge in [-0.3, -0.25) is 4.99 Å². The van der Waals surface area contributed by atoms with Crippen LogP contribution in [0, 0.1) is 0 Å². The molecular weight excluding hydrogens is 392 g/mol. The molecule has 2 aliphatic rings. The average molecular weight is 433 g/mol. The number of ether oxygens (including phenoxy) is 2. The molecule has 2 heterocycles. The largest absolute Gasteiger partial charge is 0.497 e. The Morgan fingerprint density at radius 1 is 1.03 bits per heavy atom. The van der Waals surface area contributed by atoms with E-state index in [2.05, 4.69) is 49.5 Å². The third kappa shape index (κ3) is 7.18. The van der Waals surface area contributed by atoms with E-state index in [1.165, 1.54) is 39.1 Å². The van der Waals surface area contributed by atoms with Crippen LogP contribution in [-0.4, -0.2) is 102 Å². The average Bonchev–Trinajstić information content (AvgIpc) is 3.27. The summed E-state index contributed by atoms with van der Waals surface area (Å²) in [6.45, 7) is 8.86. The molecule has 8 nitrogen and oxygen atoms in total. The maximum absolute atomic E-state index is 5.42. The Labute approximate surface area is 187 Å². The van der Waals surface area contributed by atoms with Crippen molar-refractivity contribution in [2.75, 3.05) is 85.6 Å². The van der Waals surface area contributed by atoms with Crippen molar-refractivity contribution in [1.82, 2.24) is 20.4 Å². The molecule has 0 radical (unpaired) electrons. The van der Waals surface area contributed by atoms with E-state index in [1.54, 1.807) is 14.2 Å². The first kappa shape index (κ1) is 23.5. The fourth-order valence-electron chi connectivity index (χ4n) is 4.21. The van der Waals surface area contributed by atoms with Crippen molar-refractivity contribution in [3.05, 3.63) is 18.2 Å². The normalized spacial score (nSPS) is 20.7. The lowest BCUT2D eigenvalue weighted by Gasteiger charge is -2.32. The zero-order valence-electron chi connectivity index (χ0n) is 19.7. The Bertz CT molecular complexity index is 683. The molecule has 174 valence electrons. The van der Waals surface area contributed by atoms with Gasteiger partial charge in [0.05, 0.1) is 14.2 Å². The highest BCUT2D eigenvalue weighted by atomic mass is 16.5. The number of aliphatic imine (C=N–C) groups is 1. The van der Waals surface area contributed by atoms with Gasteiger partial charge in [0.1, 0.15) is 11.5 Å². The Kier molecular flexibility index (Phi) is 9.09. The Hall–Kier alpha value is -2.19. The number of nitrogens with zero attached hydrogens (tertiary/aromatic N) is 4. The maximum Gasteiger partial charge on any atom is 0.191 e. The second-order valence-electron chi connectivity index (χ2n) is 8.50. The molecule has 2 saturated heterocycles. The number of likely N-dealkylation sites (N-methyl/N-ethyl adjacent to an activating group) is 1. The SMILES string of the molecule is CN=C(NCCCCN1CCN(C)CC1)NC1CCN(c2cc(OC)cc(OC)c2)C1. The Morgan fingerprint density at radius 3 is 2.39 bits per heavy atom. The summed E-state index contributed by atoms with van der Waals surface area (Å²) in [5.74, 6) is 2.54. The van der Waals surface area contributed by atoms with Crippen molar-refractivity contribution >= 4 is 11.6 Å². The lowest BCUT2D eigenvalue weighted by molar-refractivity contribution is 0.152. The van der Waals surface area contributed by atoms with Gasteiger partial charge >= 0.3 is 0 Å². The van der Waals surface area contributed by atoms with Gasteiger partial charge in [-0.15, -0.1) is 0 Å². The van der Waals surface area contributed by atoms with Crippen molar-refractivity contribution in [2.45, 2.75) is 25.3 Å². The molecule has 0 saturated carbocycles. The smallest absolute Gasteiger partial charge is 0.191 e. The van der Waals surface area contributed by atoms with Gasteiger partial charge in [0.25, 0.3) is 0 Å². The van der Waals surface area contributed by atoms with Crippen LogP contribution in [-0.2, 0) is 0 Å². The summed E-state index contributed by atoms with van der Waals surface area (Å²) in [5, 5.41) is 7.07.